The van der Waals surface area contributed by atoms with Gasteiger partial charge in [-0.3, -0.25) is 9.36 Å². The van der Waals surface area contributed by atoms with E-state index in [2.05, 4.69) is 10.1 Å². The van der Waals surface area contributed by atoms with Crippen molar-refractivity contribution in [1.82, 2.24) is 19.3 Å². The number of rotatable bonds is 5. The number of nitrogens with zero attached hydrogens (tertiary/aromatic N) is 4. The van der Waals surface area contributed by atoms with Crippen molar-refractivity contribution < 1.29 is 14.3 Å². The third-order valence-corrected chi connectivity index (χ3v) is 6.57. The lowest BCUT2D eigenvalue weighted by atomic mass is 10.0. The second-order valence-corrected chi connectivity index (χ2v) is 8.85. The van der Waals surface area contributed by atoms with E-state index in [0.29, 0.717) is 17.2 Å². The van der Waals surface area contributed by atoms with Crippen LogP contribution in [0, 0.1) is 19.7 Å². The molecule has 9 heteroatoms. The molecule has 3 aromatic heterocycles. The Morgan fingerprint density at radius 3 is 2.56 bits per heavy atom. The Hall–Kier alpha value is -3.78. The molecule has 0 amide bonds. The van der Waals surface area contributed by atoms with Gasteiger partial charge < -0.3 is 5.11 Å². The van der Waals surface area contributed by atoms with E-state index in [-0.39, 0.29) is 33.9 Å². The lowest BCUT2D eigenvalue weighted by Crippen LogP contribution is -2.23. The van der Waals surface area contributed by atoms with Crippen molar-refractivity contribution in [3.63, 3.8) is 0 Å². The Bertz CT molecular complexity index is 1490. The van der Waals surface area contributed by atoms with Crippen LogP contribution >= 0.6 is 11.6 Å². The molecule has 1 aliphatic rings. The summed E-state index contributed by atoms with van der Waals surface area (Å²) in [6, 6.07) is 11.4. The van der Waals surface area contributed by atoms with Crippen molar-refractivity contribution in [3.8, 4) is 11.5 Å². The van der Waals surface area contributed by atoms with Crippen LogP contribution in [0.25, 0.3) is 11.5 Å². The lowest BCUT2D eigenvalue weighted by molar-refractivity contribution is 0.0690. The van der Waals surface area contributed by atoms with E-state index >= 15 is 0 Å². The Labute approximate surface area is 199 Å². The monoisotopic (exact) mass is 478 g/mol. The van der Waals surface area contributed by atoms with Crippen LogP contribution in [0.2, 0.25) is 5.02 Å². The summed E-state index contributed by atoms with van der Waals surface area (Å²) in [4.78, 5) is 28.9. The normalized spacial score (nSPS) is 17.1. The molecule has 4 aromatic rings. The highest BCUT2D eigenvalue weighted by Crippen LogP contribution is 2.55. The van der Waals surface area contributed by atoms with Gasteiger partial charge in [0.25, 0.3) is 5.56 Å². The number of carboxylic acid groups (broad SMARTS) is 1. The quantitative estimate of drug-likeness (QED) is 0.445. The van der Waals surface area contributed by atoms with Gasteiger partial charge in [0.15, 0.2) is 11.5 Å². The molecule has 0 spiro atoms. The predicted molar refractivity (Wildman–Crippen MR) is 125 cm³/mol. The molecule has 1 aromatic carbocycles. The van der Waals surface area contributed by atoms with Crippen molar-refractivity contribution in [2.24, 2.45) is 0 Å². The van der Waals surface area contributed by atoms with E-state index in [4.69, 9.17) is 16.7 Å². The van der Waals surface area contributed by atoms with Gasteiger partial charge in [-0.2, -0.15) is 5.10 Å². The molecule has 0 aliphatic heterocycles. The third kappa shape index (κ3) is 3.80. The Kier molecular flexibility index (Phi) is 5.32. The maximum atomic E-state index is 13.4. The second-order valence-electron chi connectivity index (χ2n) is 8.48. The van der Waals surface area contributed by atoms with Crippen LogP contribution in [0.3, 0.4) is 0 Å². The van der Waals surface area contributed by atoms with Gasteiger partial charge in [-0.05, 0) is 73.1 Å². The first kappa shape index (κ1) is 22.0. The zero-order valence-electron chi connectivity index (χ0n) is 18.4. The van der Waals surface area contributed by atoms with Crippen LogP contribution in [-0.4, -0.2) is 30.4 Å². The number of aromatic nitrogens is 4. The molecule has 0 unspecified atom stereocenters. The highest BCUT2D eigenvalue weighted by atomic mass is 35.5. The smallest absolute Gasteiger partial charge is 0.356 e. The summed E-state index contributed by atoms with van der Waals surface area (Å²) >= 11 is 6.59. The van der Waals surface area contributed by atoms with Crippen LogP contribution in [0.5, 0.6) is 0 Å². The van der Waals surface area contributed by atoms with Gasteiger partial charge in [-0.15, -0.1) is 0 Å². The minimum atomic E-state index is -1.14. The number of hydrogen-bond acceptors (Lipinski definition) is 4. The van der Waals surface area contributed by atoms with E-state index in [9.17, 15) is 14.0 Å². The van der Waals surface area contributed by atoms with E-state index in [0.717, 1.165) is 23.1 Å². The first-order chi connectivity index (χ1) is 16.2. The van der Waals surface area contributed by atoms with Gasteiger partial charge in [-0.25, -0.2) is 18.9 Å². The zero-order chi connectivity index (χ0) is 24.1. The Morgan fingerprint density at radius 2 is 1.88 bits per heavy atom. The summed E-state index contributed by atoms with van der Waals surface area (Å²) in [6.45, 7) is 3.67. The minimum Gasteiger partial charge on any atom is -0.476 e. The fourth-order valence-electron chi connectivity index (χ4n) is 4.36. The molecule has 7 nitrogen and oxygen atoms in total. The third-order valence-electron chi connectivity index (χ3n) is 6.19. The second kappa shape index (κ2) is 8.22. The summed E-state index contributed by atoms with van der Waals surface area (Å²) in [7, 11) is 0. The largest absolute Gasteiger partial charge is 0.476 e. The molecule has 172 valence electrons. The van der Waals surface area contributed by atoms with Crippen molar-refractivity contribution in [2.75, 3.05) is 0 Å². The summed E-state index contributed by atoms with van der Waals surface area (Å²) in [5.41, 5.74) is 3.41. The fourth-order valence-corrected chi connectivity index (χ4v) is 4.63. The number of aryl methyl sites for hydroxylation is 2. The molecule has 0 bridgehead atoms. The summed E-state index contributed by atoms with van der Waals surface area (Å²) in [6.07, 6.45) is 3.95. The first-order valence-electron chi connectivity index (χ1n) is 10.7. The minimum absolute atomic E-state index is 0.103. The van der Waals surface area contributed by atoms with Crippen LogP contribution < -0.4 is 5.56 Å². The maximum absolute atomic E-state index is 13.4. The van der Waals surface area contributed by atoms with Crippen molar-refractivity contribution in [2.45, 2.75) is 32.1 Å². The molecule has 1 aliphatic carbocycles. The van der Waals surface area contributed by atoms with E-state index in [1.165, 1.54) is 33.6 Å². The zero-order valence-corrected chi connectivity index (χ0v) is 19.1. The molecule has 5 rings (SSSR count). The van der Waals surface area contributed by atoms with Gasteiger partial charge in [0, 0.05) is 24.2 Å². The van der Waals surface area contributed by atoms with Gasteiger partial charge in [0.1, 0.15) is 10.8 Å². The highest BCUT2D eigenvalue weighted by molar-refractivity contribution is 6.31. The Morgan fingerprint density at radius 1 is 1.15 bits per heavy atom. The van der Waals surface area contributed by atoms with Crippen LogP contribution in [0.1, 0.15) is 51.1 Å². The molecule has 1 N–H and O–H groups in total. The standard InChI is InChI=1S/C25H20ClFN4O3/c1-13-12-28-22(30-8-7-20(29-30)25(33)34)11-21(13)31-14(2)9-19(23(26)24(31)32)18-10-17(18)15-3-5-16(27)6-4-15/h3-9,11-12,17-18H,10H2,1-2H3,(H,33,34)/t17-,18+/m1/s1. The highest BCUT2D eigenvalue weighted by Gasteiger charge is 2.41. The molecule has 34 heavy (non-hydrogen) atoms. The molecular weight excluding hydrogens is 459 g/mol. The van der Waals surface area contributed by atoms with Crippen molar-refractivity contribution >= 4 is 17.6 Å². The molecular formula is C25H20ClFN4O3. The van der Waals surface area contributed by atoms with E-state index in [1.54, 1.807) is 24.4 Å². The number of hydrogen-bond donors (Lipinski definition) is 1. The number of benzene rings is 1. The molecule has 0 saturated heterocycles. The van der Waals surface area contributed by atoms with Gasteiger partial charge in [0.05, 0.1) is 5.69 Å². The van der Waals surface area contributed by atoms with Crippen molar-refractivity contribution in [1.29, 1.82) is 0 Å². The number of pyridine rings is 2. The SMILES string of the molecule is Cc1cnc(-n2ccc(C(=O)O)n2)cc1-n1c(C)cc([C@H]2C[C@@H]2c2ccc(F)cc2)c(Cl)c1=O. The molecule has 2 atom stereocenters. The average molecular weight is 479 g/mol. The molecule has 0 radical (unpaired) electrons. The average Bonchev–Trinajstić information content (AvgIpc) is 3.43. The summed E-state index contributed by atoms with van der Waals surface area (Å²) in [5.74, 6) is -0.742. The Balaban J connectivity index is 1.53. The molecule has 1 fully saturated rings. The molecule has 3 heterocycles. The predicted octanol–water partition coefficient (Wildman–Crippen LogP) is 4.80. The fraction of sp³-hybridized carbons (Fsp3) is 0.200. The van der Waals surface area contributed by atoms with Gasteiger partial charge in [-0.1, -0.05) is 23.7 Å². The van der Waals surface area contributed by atoms with Crippen LogP contribution in [0.15, 0.2) is 59.7 Å². The maximum Gasteiger partial charge on any atom is 0.356 e. The van der Waals surface area contributed by atoms with E-state index < -0.39 is 5.97 Å². The first-order valence-corrected chi connectivity index (χ1v) is 11.1. The number of carbonyl (C=O) groups is 1. The van der Waals surface area contributed by atoms with Crippen LogP contribution in [-0.2, 0) is 0 Å². The lowest BCUT2D eigenvalue weighted by Gasteiger charge is -2.16. The molecule has 1 saturated carbocycles. The summed E-state index contributed by atoms with van der Waals surface area (Å²) < 4.78 is 16.1. The van der Waals surface area contributed by atoms with Gasteiger partial charge in [0.2, 0.25) is 0 Å². The summed E-state index contributed by atoms with van der Waals surface area (Å²) in [5, 5.41) is 13.3. The van der Waals surface area contributed by atoms with Gasteiger partial charge >= 0.3 is 5.97 Å². The number of halogens is 2. The van der Waals surface area contributed by atoms with Crippen molar-refractivity contribution in [3.05, 3.63) is 104 Å². The van der Waals surface area contributed by atoms with E-state index in [1.807, 2.05) is 19.9 Å². The number of carboxylic acids is 1. The van der Waals surface area contributed by atoms with Crippen LogP contribution in [0.4, 0.5) is 4.39 Å². The topological polar surface area (TPSA) is 90.0 Å². The number of aromatic carboxylic acids is 1.